The van der Waals surface area contributed by atoms with Crippen molar-refractivity contribution in [2.24, 2.45) is 23.7 Å². The Balaban J connectivity index is 1.72. The zero-order valence-electron chi connectivity index (χ0n) is 19.9. The fraction of sp³-hybridized carbons (Fsp3) is 0.312. The Bertz CT molecular complexity index is 1400. The van der Waals surface area contributed by atoms with Crippen molar-refractivity contribution in [2.75, 3.05) is 0 Å². The molecule has 0 saturated carbocycles. The summed E-state index contributed by atoms with van der Waals surface area (Å²) in [6, 6.07) is 15.9. The van der Waals surface area contributed by atoms with Gasteiger partial charge < -0.3 is 0 Å². The molecule has 162 valence electrons. The van der Waals surface area contributed by atoms with Crippen molar-refractivity contribution in [1.29, 1.82) is 0 Å². The first kappa shape index (κ1) is 21.0. The lowest BCUT2D eigenvalue weighted by Gasteiger charge is -2.37. The average molecular weight is 419 g/mol. The van der Waals surface area contributed by atoms with Gasteiger partial charge in [0, 0.05) is 0 Å². The summed E-state index contributed by atoms with van der Waals surface area (Å²) >= 11 is 0. The molecule has 0 spiro atoms. The minimum Gasteiger partial charge on any atom is -0.0991 e. The molecule has 0 radical (unpaired) electrons. The second-order valence-corrected chi connectivity index (χ2v) is 10.1. The van der Waals surface area contributed by atoms with Gasteiger partial charge >= 0.3 is 0 Å². The molecule has 0 heteroatoms. The summed E-state index contributed by atoms with van der Waals surface area (Å²) < 4.78 is 0. The van der Waals surface area contributed by atoms with E-state index >= 15 is 0 Å². The standard InChI is InChI=1S/C32H34/c1-6-9-21(3)25-17-22(4)23(5)30(19-25)24-13-15-28-26-10-7-8-11-27(26)31-16-20(2)12-14-29(31)32(28)18-24/h6-12,14-16,18-19,22-24,30H,1,13,17H2,2-5H3. The lowest BCUT2D eigenvalue weighted by molar-refractivity contribution is 0.246. The zero-order valence-corrected chi connectivity index (χ0v) is 19.9. The predicted octanol–water partition coefficient (Wildman–Crippen LogP) is 7.23. The summed E-state index contributed by atoms with van der Waals surface area (Å²) in [6.07, 6.45) is 14.1. The molecule has 0 saturated heterocycles. The maximum absolute atomic E-state index is 3.91. The van der Waals surface area contributed by atoms with Crippen molar-refractivity contribution in [3.63, 3.8) is 0 Å². The molecule has 32 heavy (non-hydrogen) atoms. The molecule has 4 atom stereocenters. The quantitative estimate of drug-likeness (QED) is 0.311. The molecule has 5 rings (SSSR count). The fourth-order valence-electron chi connectivity index (χ4n) is 6.02. The van der Waals surface area contributed by atoms with Gasteiger partial charge in [-0.2, -0.15) is 0 Å². The van der Waals surface area contributed by atoms with E-state index in [0.29, 0.717) is 23.7 Å². The third-order valence-corrected chi connectivity index (χ3v) is 8.05. The van der Waals surface area contributed by atoms with Crippen LogP contribution in [-0.4, -0.2) is 0 Å². The van der Waals surface area contributed by atoms with Gasteiger partial charge in [-0.05, 0) is 93.5 Å². The molecule has 0 aromatic heterocycles. The van der Waals surface area contributed by atoms with Crippen molar-refractivity contribution >= 4 is 33.7 Å². The number of hydrogen-bond donors (Lipinski definition) is 0. The molecule has 0 heterocycles. The van der Waals surface area contributed by atoms with E-state index in [2.05, 4.69) is 101 Å². The molecule has 0 N–H and O–H groups in total. The largest absolute Gasteiger partial charge is 0.0991 e. The van der Waals surface area contributed by atoms with Crippen LogP contribution in [-0.2, 0) is 0 Å². The second-order valence-electron chi connectivity index (χ2n) is 10.1. The van der Waals surface area contributed by atoms with Crippen LogP contribution >= 0.6 is 0 Å². The van der Waals surface area contributed by atoms with Gasteiger partial charge in [0.2, 0.25) is 0 Å². The number of benzene rings is 3. The van der Waals surface area contributed by atoms with Gasteiger partial charge in [0.15, 0.2) is 0 Å². The van der Waals surface area contributed by atoms with Crippen LogP contribution in [0, 0.1) is 30.6 Å². The van der Waals surface area contributed by atoms with E-state index in [-0.39, 0.29) is 0 Å². The Morgan fingerprint density at radius 1 is 0.938 bits per heavy atom. The molecule has 3 aromatic carbocycles. The smallest absolute Gasteiger partial charge is 0.00964 e. The first-order valence-electron chi connectivity index (χ1n) is 12.1. The highest BCUT2D eigenvalue weighted by Gasteiger charge is 2.32. The van der Waals surface area contributed by atoms with Crippen molar-refractivity contribution in [1.82, 2.24) is 0 Å². The van der Waals surface area contributed by atoms with Gasteiger partial charge in [-0.3, -0.25) is 0 Å². The number of fused-ring (bicyclic) bond motifs is 6. The second kappa shape index (κ2) is 8.24. The van der Waals surface area contributed by atoms with Crippen LogP contribution in [0.15, 0.2) is 78.4 Å². The molecule has 3 aromatic rings. The summed E-state index contributed by atoms with van der Waals surface area (Å²) in [5.74, 6) is 2.48. The summed E-state index contributed by atoms with van der Waals surface area (Å²) in [6.45, 7) is 13.2. The Morgan fingerprint density at radius 3 is 2.47 bits per heavy atom. The number of hydrogen-bond acceptors (Lipinski definition) is 0. The van der Waals surface area contributed by atoms with Crippen LogP contribution in [0.1, 0.15) is 39.2 Å². The topological polar surface area (TPSA) is 0 Å². The van der Waals surface area contributed by atoms with Gasteiger partial charge in [0.05, 0.1) is 0 Å². The average Bonchev–Trinajstić information content (AvgIpc) is 2.80. The Labute approximate surface area is 192 Å². The van der Waals surface area contributed by atoms with E-state index in [9.17, 15) is 0 Å². The normalized spacial score (nSPS) is 25.6. The summed E-state index contributed by atoms with van der Waals surface area (Å²) in [5.41, 5.74) is 4.21. The van der Waals surface area contributed by atoms with Crippen LogP contribution < -0.4 is 10.4 Å². The maximum atomic E-state index is 3.91. The van der Waals surface area contributed by atoms with Crippen LogP contribution in [0.4, 0.5) is 0 Å². The van der Waals surface area contributed by atoms with Gasteiger partial charge in [0.25, 0.3) is 0 Å². The molecular weight excluding hydrogens is 384 g/mol. The van der Waals surface area contributed by atoms with Crippen molar-refractivity contribution < 1.29 is 0 Å². The van der Waals surface area contributed by atoms with Crippen molar-refractivity contribution in [2.45, 2.75) is 40.5 Å². The molecule has 0 nitrogen and oxygen atoms in total. The van der Waals surface area contributed by atoms with Crippen molar-refractivity contribution in [3.05, 3.63) is 94.4 Å². The van der Waals surface area contributed by atoms with Crippen LogP contribution in [0.2, 0.25) is 0 Å². The monoisotopic (exact) mass is 418 g/mol. The first-order valence-corrected chi connectivity index (χ1v) is 12.1. The molecule has 0 fully saturated rings. The van der Waals surface area contributed by atoms with Crippen LogP contribution in [0.25, 0.3) is 33.7 Å². The van der Waals surface area contributed by atoms with Crippen LogP contribution in [0.3, 0.4) is 0 Å². The third kappa shape index (κ3) is 3.47. The molecular formula is C32H34. The lowest BCUT2D eigenvalue weighted by Crippen LogP contribution is -2.35. The highest BCUT2D eigenvalue weighted by Crippen LogP contribution is 2.41. The highest BCUT2D eigenvalue weighted by atomic mass is 14.4. The minimum atomic E-state index is 0.539. The van der Waals surface area contributed by atoms with E-state index in [1.165, 1.54) is 55.1 Å². The Hall–Kier alpha value is -2.86. The Kier molecular flexibility index (Phi) is 5.41. The predicted molar refractivity (Wildman–Crippen MR) is 141 cm³/mol. The van der Waals surface area contributed by atoms with E-state index < -0.39 is 0 Å². The first-order chi connectivity index (χ1) is 15.5. The van der Waals surface area contributed by atoms with E-state index in [1.54, 1.807) is 0 Å². The third-order valence-electron chi connectivity index (χ3n) is 8.05. The molecule has 4 unspecified atom stereocenters. The van der Waals surface area contributed by atoms with Gasteiger partial charge in [0.1, 0.15) is 0 Å². The van der Waals surface area contributed by atoms with Crippen LogP contribution in [0.5, 0.6) is 0 Å². The molecule has 2 aliphatic rings. The van der Waals surface area contributed by atoms with Gasteiger partial charge in [-0.25, -0.2) is 0 Å². The molecule has 2 aliphatic carbocycles. The zero-order chi connectivity index (χ0) is 22.4. The molecule has 0 amide bonds. The lowest BCUT2D eigenvalue weighted by atomic mass is 9.67. The number of allylic oxidation sites excluding steroid dienone is 5. The SMILES string of the molecule is C=CC=C(C)C1=CC(C2C=c3c(c4ccccc4c4cc(C)ccc34)=CC2)C(C)C(C)C1. The van der Waals surface area contributed by atoms with E-state index in [0.717, 1.165) is 6.42 Å². The van der Waals surface area contributed by atoms with Gasteiger partial charge in [-0.15, -0.1) is 0 Å². The molecule has 0 bridgehead atoms. The van der Waals surface area contributed by atoms with Gasteiger partial charge in [-0.1, -0.05) is 98.8 Å². The van der Waals surface area contributed by atoms with E-state index in [4.69, 9.17) is 0 Å². The van der Waals surface area contributed by atoms with Crippen molar-refractivity contribution in [3.8, 4) is 0 Å². The Morgan fingerprint density at radius 2 is 1.69 bits per heavy atom. The highest BCUT2D eigenvalue weighted by molar-refractivity contribution is 6.08. The molecule has 0 aliphatic heterocycles. The number of rotatable bonds is 3. The fourth-order valence-corrected chi connectivity index (χ4v) is 6.02. The summed E-state index contributed by atoms with van der Waals surface area (Å²) in [7, 11) is 0. The minimum absolute atomic E-state index is 0.539. The summed E-state index contributed by atoms with van der Waals surface area (Å²) in [5, 5.41) is 8.41. The number of aryl methyl sites for hydroxylation is 1. The summed E-state index contributed by atoms with van der Waals surface area (Å²) in [4.78, 5) is 0. The van der Waals surface area contributed by atoms with E-state index in [1.807, 2.05) is 6.08 Å². The maximum Gasteiger partial charge on any atom is -0.00964 e.